The minimum Gasteiger partial charge on any atom is -0.475 e. The molecular formula is C22H30F3N3O4. The van der Waals surface area contributed by atoms with Crippen LogP contribution in [0.15, 0.2) is 30.3 Å². The van der Waals surface area contributed by atoms with Gasteiger partial charge < -0.3 is 14.9 Å². The number of amides is 2. The molecule has 0 aromatic heterocycles. The third-order valence-electron chi connectivity index (χ3n) is 6.22. The van der Waals surface area contributed by atoms with Gasteiger partial charge in [-0.3, -0.25) is 14.5 Å². The number of carboxylic acid groups (broad SMARTS) is 1. The van der Waals surface area contributed by atoms with E-state index in [9.17, 15) is 22.8 Å². The average Bonchev–Trinajstić information content (AvgIpc) is 3.17. The second-order valence-corrected chi connectivity index (χ2v) is 8.22. The SMILES string of the molecule is CCC(CC)C(=O)N1CCC2(C1)CN(c1ccccc1)C(=O)CN2C.O=C(O)C(F)(F)F. The smallest absolute Gasteiger partial charge is 0.475 e. The lowest BCUT2D eigenvalue weighted by Crippen LogP contribution is -2.64. The number of piperazine rings is 1. The van der Waals surface area contributed by atoms with Crippen LogP contribution in [0.4, 0.5) is 18.9 Å². The van der Waals surface area contributed by atoms with Crippen LogP contribution in [0.2, 0.25) is 0 Å². The van der Waals surface area contributed by atoms with Crippen LogP contribution in [0.1, 0.15) is 33.1 Å². The van der Waals surface area contributed by atoms with Crippen LogP contribution >= 0.6 is 0 Å². The number of rotatable bonds is 4. The number of alkyl halides is 3. The molecule has 0 bridgehead atoms. The van der Waals surface area contributed by atoms with Crippen molar-refractivity contribution in [2.24, 2.45) is 5.92 Å². The predicted octanol–water partition coefficient (Wildman–Crippen LogP) is 3.01. The van der Waals surface area contributed by atoms with E-state index in [2.05, 4.69) is 18.7 Å². The highest BCUT2D eigenvalue weighted by Crippen LogP contribution is 2.34. The van der Waals surface area contributed by atoms with E-state index in [0.717, 1.165) is 38.0 Å². The number of hydrogen-bond donors (Lipinski definition) is 1. The number of likely N-dealkylation sites (tertiary alicyclic amines) is 1. The number of carbonyl (C=O) groups is 3. The largest absolute Gasteiger partial charge is 0.490 e. The number of para-hydroxylation sites is 1. The Labute approximate surface area is 185 Å². The Morgan fingerprint density at radius 1 is 1.12 bits per heavy atom. The first-order valence-corrected chi connectivity index (χ1v) is 10.6. The number of halogens is 3. The molecule has 0 saturated carbocycles. The number of likely N-dealkylation sites (N-methyl/N-ethyl adjacent to an activating group) is 1. The first-order chi connectivity index (χ1) is 14.9. The number of nitrogens with zero attached hydrogens (tertiary/aromatic N) is 3. The summed E-state index contributed by atoms with van der Waals surface area (Å²) in [4.78, 5) is 40.3. The number of aliphatic carboxylic acids is 1. The Morgan fingerprint density at radius 3 is 2.19 bits per heavy atom. The van der Waals surface area contributed by atoms with Gasteiger partial charge in [-0.2, -0.15) is 13.2 Å². The molecule has 1 spiro atoms. The number of carbonyl (C=O) groups excluding carboxylic acids is 2. The monoisotopic (exact) mass is 457 g/mol. The van der Waals surface area contributed by atoms with Gasteiger partial charge in [-0.15, -0.1) is 0 Å². The highest BCUT2D eigenvalue weighted by molar-refractivity contribution is 5.96. The Bertz CT molecular complexity index is 814. The van der Waals surface area contributed by atoms with Crippen molar-refractivity contribution in [2.45, 2.75) is 44.8 Å². The molecule has 178 valence electrons. The van der Waals surface area contributed by atoms with Gasteiger partial charge in [-0.05, 0) is 38.4 Å². The molecule has 1 N–H and O–H groups in total. The lowest BCUT2D eigenvalue weighted by Gasteiger charge is -2.46. The van der Waals surface area contributed by atoms with Crippen molar-refractivity contribution in [1.29, 1.82) is 0 Å². The summed E-state index contributed by atoms with van der Waals surface area (Å²) in [5.74, 6) is -2.23. The van der Waals surface area contributed by atoms with E-state index in [-0.39, 0.29) is 23.3 Å². The maximum atomic E-state index is 12.8. The molecule has 2 fully saturated rings. The third-order valence-corrected chi connectivity index (χ3v) is 6.22. The quantitative estimate of drug-likeness (QED) is 0.752. The Hall–Kier alpha value is -2.62. The molecule has 2 aliphatic rings. The number of anilines is 1. The Balaban J connectivity index is 0.000000451. The summed E-state index contributed by atoms with van der Waals surface area (Å²) < 4.78 is 31.7. The van der Waals surface area contributed by atoms with Crippen molar-refractivity contribution >= 4 is 23.5 Å². The van der Waals surface area contributed by atoms with E-state index >= 15 is 0 Å². The van der Waals surface area contributed by atoms with Crippen molar-refractivity contribution in [1.82, 2.24) is 9.80 Å². The van der Waals surface area contributed by atoms with E-state index < -0.39 is 12.1 Å². The van der Waals surface area contributed by atoms with Crippen LogP contribution in [-0.2, 0) is 14.4 Å². The third kappa shape index (κ3) is 5.79. The highest BCUT2D eigenvalue weighted by Gasteiger charge is 2.49. The molecular weight excluding hydrogens is 427 g/mol. The van der Waals surface area contributed by atoms with Gasteiger partial charge in [0.2, 0.25) is 11.8 Å². The lowest BCUT2D eigenvalue weighted by atomic mass is 9.92. The zero-order valence-electron chi connectivity index (χ0n) is 18.6. The van der Waals surface area contributed by atoms with E-state index in [4.69, 9.17) is 9.90 Å². The second-order valence-electron chi connectivity index (χ2n) is 8.22. The standard InChI is InChI=1S/C20H29N3O2.C2HF3O2/c1-4-16(5-2)19(25)22-12-11-20(14-22)15-23(18(24)13-21(20)3)17-9-7-6-8-10-17;3-2(4,5)1(6)7/h6-10,16H,4-5,11-15H2,1-3H3;(H,6,7). The van der Waals surface area contributed by atoms with Gasteiger partial charge in [0.1, 0.15) is 0 Å². The molecule has 32 heavy (non-hydrogen) atoms. The van der Waals surface area contributed by atoms with Gasteiger partial charge >= 0.3 is 12.1 Å². The first kappa shape index (κ1) is 25.6. The second kappa shape index (κ2) is 10.3. The molecule has 1 aromatic carbocycles. The summed E-state index contributed by atoms with van der Waals surface area (Å²) in [7, 11) is 2.02. The van der Waals surface area contributed by atoms with Crippen molar-refractivity contribution in [2.75, 3.05) is 38.1 Å². The van der Waals surface area contributed by atoms with Gasteiger partial charge in [-0.25, -0.2) is 4.79 Å². The van der Waals surface area contributed by atoms with E-state index in [0.29, 0.717) is 13.1 Å². The van der Waals surface area contributed by atoms with E-state index in [1.807, 2.05) is 47.2 Å². The van der Waals surface area contributed by atoms with Crippen molar-refractivity contribution in [3.8, 4) is 0 Å². The van der Waals surface area contributed by atoms with Gasteiger partial charge in [0.15, 0.2) is 0 Å². The fourth-order valence-corrected chi connectivity index (χ4v) is 4.18. The van der Waals surface area contributed by atoms with Gasteiger partial charge in [0.05, 0.1) is 12.1 Å². The van der Waals surface area contributed by atoms with Gasteiger partial charge in [-0.1, -0.05) is 32.0 Å². The minimum atomic E-state index is -5.08. The average molecular weight is 457 g/mol. The van der Waals surface area contributed by atoms with Crippen LogP contribution in [-0.4, -0.2) is 77.6 Å². The van der Waals surface area contributed by atoms with Crippen molar-refractivity contribution < 1.29 is 32.7 Å². The number of hydrogen-bond acceptors (Lipinski definition) is 4. The van der Waals surface area contributed by atoms with Crippen molar-refractivity contribution in [3.05, 3.63) is 30.3 Å². The molecule has 10 heteroatoms. The Kier molecular flexibility index (Phi) is 8.28. The molecule has 7 nitrogen and oxygen atoms in total. The maximum absolute atomic E-state index is 12.8. The summed E-state index contributed by atoms with van der Waals surface area (Å²) in [5, 5.41) is 7.12. The molecule has 2 saturated heterocycles. The van der Waals surface area contributed by atoms with Gasteiger partial charge in [0.25, 0.3) is 0 Å². The van der Waals surface area contributed by atoms with Crippen LogP contribution in [0, 0.1) is 5.92 Å². The molecule has 3 rings (SSSR count). The van der Waals surface area contributed by atoms with Crippen LogP contribution < -0.4 is 4.90 Å². The summed E-state index contributed by atoms with van der Waals surface area (Å²) in [6.45, 7) is 6.73. The zero-order chi connectivity index (χ0) is 24.1. The van der Waals surface area contributed by atoms with Crippen LogP contribution in [0.5, 0.6) is 0 Å². The maximum Gasteiger partial charge on any atom is 0.490 e. The molecule has 1 aromatic rings. The highest BCUT2D eigenvalue weighted by atomic mass is 19.4. The number of benzene rings is 1. The molecule has 0 radical (unpaired) electrons. The van der Waals surface area contributed by atoms with E-state index in [1.165, 1.54) is 0 Å². The minimum absolute atomic E-state index is 0.121. The topological polar surface area (TPSA) is 81.2 Å². The first-order valence-electron chi connectivity index (χ1n) is 10.6. The van der Waals surface area contributed by atoms with Crippen LogP contribution in [0.25, 0.3) is 0 Å². The fraction of sp³-hybridized carbons (Fsp3) is 0.591. The molecule has 0 aliphatic carbocycles. The molecule has 2 amide bonds. The fourth-order valence-electron chi connectivity index (χ4n) is 4.18. The van der Waals surface area contributed by atoms with Crippen LogP contribution in [0.3, 0.4) is 0 Å². The summed E-state index contributed by atoms with van der Waals surface area (Å²) >= 11 is 0. The predicted molar refractivity (Wildman–Crippen MR) is 113 cm³/mol. The zero-order valence-corrected chi connectivity index (χ0v) is 18.6. The Morgan fingerprint density at radius 2 is 1.69 bits per heavy atom. The molecule has 1 unspecified atom stereocenters. The molecule has 1 atom stereocenters. The summed E-state index contributed by atoms with van der Waals surface area (Å²) in [6, 6.07) is 9.86. The van der Waals surface area contributed by atoms with Crippen molar-refractivity contribution in [3.63, 3.8) is 0 Å². The van der Waals surface area contributed by atoms with E-state index in [1.54, 1.807) is 0 Å². The molecule has 2 aliphatic heterocycles. The number of carboxylic acids is 1. The summed E-state index contributed by atoms with van der Waals surface area (Å²) in [6.07, 6.45) is -2.38. The van der Waals surface area contributed by atoms with Gasteiger partial charge in [0, 0.05) is 31.2 Å². The molecule has 2 heterocycles. The normalized spacial score (nSPS) is 21.7. The summed E-state index contributed by atoms with van der Waals surface area (Å²) in [5.41, 5.74) is 0.815. The lowest BCUT2D eigenvalue weighted by molar-refractivity contribution is -0.192.